The molecule has 0 aromatic heterocycles. The Balaban J connectivity index is 1.63. The molecule has 166 valence electrons. The molecular formula is C24H14BrCl2FN2O3. The summed E-state index contributed by atoms with van der Waals surface area (Å²) in [5.41, 5.74) is 2.23. The summed E-state index contributed by atoms with van der Waals surface area (Å²) in [7, 11) is 0. The number of anilines is 1. The second kappa shape index (κ2) is 9.47. The van der Waals surface area contributed by atoms with Gasteiger partial charge in [-0.15, -0.1) is 0 Å². The minimum Gasteiger partial charge on any atom is -0.273 e. The molecule has 1 fully saturated rings. The summed E-state index contributed by atoms with van der Waals surface area (Å²) in [6.45, 7) is 0. The van der Waals surface area contributed by atoms with Gasteiger partial charge in [-0.2, -0.15) is 0 Å². The van der Waals surface area contributed by atoms with Crippen molar-refractivity contribution in [2.45, 2.75) is 6.42 Å². The van der Waals surface area contributed by atoms with E-state index in [0.29, 0.717) is 12.0 Å². The summed E-state index contributed by atoms with van der Waals surface area (Å²) < 4.78 is 14.2. The fraction of sp³-hybridized carbons (Fsp3) is 0.0417. The molecule has 4 rings (SSSR count). The van der Waals surface area contributed by atoms with Crippen molar-refractivity contribution in [2.75, 3.05) is 4.90 Å². The van der Waals surface area contributed by atoms with Crippen LogP contribution in [-0.4, -0.2) is 17.8 Å². The summed E-state index contributed by atoms with van der Waals surface area (Å²) in [5.74, 6) is -1.91. The number of hydrogen-bond acceptors (Lipinski definition) is 3. The molecule has 0 saturated carbocycles. The van der Waals surface area contributed by atoms with Crippen LogP contribution < -0.4 is 10.2 Å². The Bertz CT molecular complexity index is 1340. The number of nitrogens with zero attached hydrogens (tertiary/aromatic N) is 1. The van der Waals surface area contributed by atoms with Gasteiger partial charge in [-0.3, -0.25) is 14.9 Å². The third-order valence-electron chi connectivity index (χ3n) is 4.93. The van der Waals surface area contributed by atoms with E-state index < -0.39 is 17.8 Å². The van der Waals surface area contributed by atoms with Gasteiger partial charge in [0.15, 0.2) is 0 Å². The Labute approximate surface area is 206 Å². The molecule has 9 heteroatoms. The Kier molecular flexibility index (Phi) is 6.65. The molecule has 3 aromatic carbocycles. The van der Waals surface area contributed by atoms with Crippen LogP contribution in [0, 0.1) is 5.82 Å². The van der Waals surface area contributed by atoms with Crippen molar-refractivity contribution in [1.82, 2.24) is 5.32 Å². The minimum absolute atomic E-state index is 0.162. The van der Waals surface area contributed by atoms with Gasteiger partial charge < -0.3 is 0 Å². The fourth-order valence-corrected chi connectivity index (χ4v) is 4.18. The summed E-state index contributed by atoms with van der Waals surface area (Å²) in [6, 6.07) is 15.0. The Morgan fingerprint density at radius 2 is 1.76 bits per heavy atom. The van der Waals surface area contributed by atoms with Crippen molar-refractivity contribution in [3.8, 4) is 0 Å². The first kappa shape index (κ1) is 23.2. The van der Waals surface area contributed by atoms with Gasteiger partial charge in [-0.25, -0.2) is 14.1 Å². The number of hydrogen-bond donors (Lipinski definition) is 1. The van der Waals surface area contributed by atoms with Crippen molar-refractivity contribution in [1.29, 1.82) is 0 Å². The number of barbiturate groups is 1. The third kappa shape index (κ3) is 5.00. The van der Waals surface area contributed by atoms with Crippen LogP contribution in [0.5, 0.6) is 0 Å². The molecule has 1 aliphatic rings. The molecule has 1 aliphatic heterocycles. The lowest BCUT2D eigenvalue weighted by atomic mass is 10.0. The lowest BCUT2D eigenvalue weighted by Gasteiger charge is -2.26. The largest absolute Gasteiger partial charge is 0.335 e. The first-order valence-electron chi connectivity index (χ1n) is 9.62. The minimum atomic E-state index is -0.882. The predicted molar refractivity (Wildman–Crippen MR) is 129 cm³/mol. The van der Waals surface area contributed by atoms with Crippen molar-refractivity contribution < 1.29 is 18.8 Å². The van der Waals surface area contributed by atoms with E-state index in [9.17, 15) is 18.8 Å². The van der Waals surface area contributed by atoms with Gasteiger partial charge in [0.1, 0.15) is 11.4 Å². The number of nitrogens with one attached hydrogen (secondary N) is 1. The van der Waals surface area contributed by atoms with Gasteiger partial charge in [-0.05, 0) is 65.6 Å². The molecule has 0 radical (unpaired) electrons. The number of halogens is 4. The van der Waals surface area contributed by atoms with E-state index in [-0.39, 0.29) is 27.1 Å². The van der Waals surface area contributed by atoms with Crippen LogP contribution in [0.4, 0.5) is 14.9 Å². The van der Waals surface area contributed by atoms with E-state index in [2.05, 4.69) is 21.2 Å². The second-order valence-corrected chi connectivity index (χ2v) is 8.88. The number of urea groups is 1. The zero-order valence-corrected chi connectivity index (χ0v) is 19.8. The molecule has 1 heterocycles. The first-order chi connectivity index (χ1) is 15.7. The van der Waals surface area contributed by atoms with E-state index >= 15 is 0 Å². The van der Waals surface area contributed by atoms with Crippen LogP contribution >= 0.6 is 39.1 Å². The Morgan fingerprint density at radius 3 is 2.45 bits per heavy atom. The maximum atomic E-state index is 13.5. The molecule has 5 nitrogen and oxygen atoms in total. The molecule has 1 N–H and O–H groups in total. The monoisotopic (exact) mass is 546 g/mol. The summed E-state index contributed by atoms with van der Waals surface area (Å²) >= 11 is 15.4. The molecule has 33 heavy (non-hydrogen) atoms. The second-order valence-electron chi connectivity index (χ2n) is 7.21. The van der Waals surface area contributed by atoms with Gasteiger partial charge in [-0.1, -0.05) is 63.4 Å². The van der Waals surface area contributed by atoms with Gasteiger partial charge in [0.2, 0.25) is 0 Å². The van der Waals surface area contributed by atoms with Crippen LogP contribution in [0.1, 0.15) is 16.7 Å². The van der Waals surface area contributed by atoms with Crippen LogP contribution in [0.25, 0.3) is 6.08 Å². The SMILES string of the molecule is O=C1NC(=O)N(c2ccc(Cl)c(Cl)c2)C(=O)/C1=C/c1ccc(Cc2cccc(F)c2)c(Br)c1. The topological polar surface area (TPSA) is 66.5 Å². The maximum Gasteiger partial charge on any atom is 0.335 e. The van der Waals surface area contributed by atoms with E-state index in [0.717, 1.165) is 20.5 Å². The molecule has 0 atom stereocenters. The Morgan fingerprint density at radius 1 is 0.970 bits per heavy atom. The molecule has 0 aliphatic carbocycles. The lowest BCUT2D eigenvalue weighted by molar-refractivity contribution is -0.122. The van der Waals surface area contributed by atoms with Crippen LogP contribution in [-0.2, 0) is 16.0 Å². The molecule has 0 bridgehead atoms. The predicted octanol–water partition coefficient (Wildman–Crippen LogP) is 6.15. The highest BCUT2D eigenvalue weighted by molar-refractivity contribution is 9.10. The number of carbonyl (C=O) groups is 3. The summed E-state index contributed by atoms with van der Waals surface area (Å²) in [4.78, 5) is 38.6. The van der Waals surface area contributed by atoms with E-state index in [4.69, 9.17) is 23.2 Å². The lowest BCUT2D eigenvalue weighted by Crippen LogP contribution is -2.54. The Hall–Kier alpha value is -3.00. The van der Waals surface area contributed by atoms with Crippen LogP contribution in [0.2, 0.25) is 10.0 Å². The highest BCUT2D eigenvalue weighted by Gasteiger charge is 2.37. The van der Waals surface area contributed by atoms with Gasteiger partial charge in [0.25, 0.3) is 11.8 Å². The molecule has 0 spiro atoms. The van der Waals surface area contributed by atoms with Crippen molar-refractivity contribution >= 4 is 68.7 Å². The maximum absolute atomic E-state index is 13.5. The van der Waals surface area contributed by atoms with Crippen molar-refractivity contribution in [2.24, 2.45) is 0 Å². The number of carbonyl (C=O) groups excluding carboxylic acids is 3. The average molecular weight is 548 g/mol. The summed E-state index contributed by atoms with van der Waals surface area (Å²) in [5, 5.41) is 2.59. The van der Waals surface area contributed by atoms with Gasteiger partial charge in [0, 0.05) is 4.47 Å². The quantitative estimate of drug-likeness (QED) is 0.314. The fourth-order valence-electron chi connectivity index (χ4n) is 3.35. The normalized spacial score (nSPS) is 15.2. The molecular weight excluding hydrogens is 534 g/mol. The van der Waals surface area contributed by atoms with Crippen molar-refractivity contribution in [3.63, 3.8) is 0 Å². The van der Waals surface area contributed by atoms with Crippen molar-refractivity contribution in [3.05, 3.63) is 103 Å². The zero-order chi connectivity index (χ0) is 23.7. The van der Waals surface area contributed by atoms with E-state index in [1.807, 2.05) is 12.1 Å². The molecule has 1 saturated heterocycles. The highest BCUT2D eigenvalue weighted by Crippen LogP contribution is 2.30. The zero-order valence-electron chi connectivity index (χ0n) is 16.7. The van der Waals surface area contributed by atoms with Gasteiger partial charge in [0.05, 0.1) is 15.7 Å². The molecule has 0 unspecified atom stereocenters. The standard InChI is InChI=1S/C24H14BrCl2FN2O3/c25-19-11-14(4-5-15(19)8-13-2-1-3-16(28)9-13)10-18-22(31)29-24(33)30(23(18)32)17-6-7-20(26)21(27)12-17/h1-7,9-12H,8H2,(H,29,31,33)/b18-10+. The first-order valence-corrected chi connectivity index (χ1v) is 11.2. The number of imide groups is 2. The smallest absolute Gasteiger partial charge is 0.273 e. The number of benzene rings is 3. The van der Waals surface area contributed by atoms with E-state index in [1.165, 1.54) is 36.4 Å². The number of rotatable bonds is 4. The average Bonchev–Trinajstić information content (AvgIpc) is 2.75. The summed E-state index contributed by atoms with van der Waals surface area (Å²) in [6.07, 6.45) is 1.89. The third-order valence-corrected chi connectivity index (χ3v) is 6.41. The van der Waals surface area contributed by atoms with Crippen LogP contribution in [0.15, 0.2) is 70.7 Å². The van der Waals surface area contributed by atoms with Crippen LogP contribution in [0.3, 0.4) is 0 Å². The molecule has 3 aromatic rings. The molecule has 4 amide bonds. The highest BCUT2D eigenvalue weighted by atomic mass is 79.9. The van der Waals surface area contributed by atoms with E-state index in [1.54, 1.807) is 18.2 Å². The van der Waals surface area contributed by atoms with Gasteiger partial charge >= 0.3 is 6.03 Å². The number of amides is 4.